The van der Waals surface area contributed by atoms with E-state index in [1.807, 2.05) is 18.2 Å². The van der Waals surface area contributed by atoms with E-state index in [1.54, 1.807) is 0 Å². The van der Waals surface area contributed by atoms with Crippen LogP contribution in [0.25, 0.3) is 0 Å². The molecule has 19 heteroatoms. The minimum Gasteiger partial charge on any atom is -0.462 e. The lowest BCUT2D eigenvalue weighted by Crippen LogP contribution is -2.30. The van der Waals surface area contributed by atoms with Gasteiger partial charge in [-0.1, -0.05) is 313 Å². The molecule has 3 N–H and O–H groups in total. The monoisotopic (exact) mass is 1550 g/mol. The Labute approximate surface area is 654 Å². The highest BCUT2D eigenvalue weighted by Gasteiger charge is 2.30. The minimum absolute atomic E-state index is 0.0321. The van der Waals surface area contributed by atoms with Crippen LogP contribution < -0.4 is 0 Å². The predicted molar refractivity (Wildman–Crippen MR) is 445 cm³/mol. The van der Waals surface area contributed by atoms with E-state index >= 15 is 0 Å². The topological polar surface area (TPSA) is 237 Å². The van der Waals surface area contributed by atoms with Crippen molar-refractivity contribution in [1.29, 1.82) is 0 Å². The van der Waals surface area contributed by atoms with Gasteiger partial charge < -0.3 is 33.8 Å². The number of phosphoric acid groups is 2. The van der Waals surface area contributed by atoms with Crippen LogP contribution in [0.2, 0.25) is 0 Å². The molecule has 0 aromatic rings. The average Bonchev–Trinajstić information content (AvgIpc) is 0.923. The SMILES string of the molecule is CC/C=C\C/C=C\C/C=C\C/C=C\C/C=C\C/C=C\CCC(=O)OCC(COP(=O)(O)OCC(O)COP(=O)(O)OCC(COC(=O)CCCCCCCC/C=C\C/C=C\C/C=C\C/C=C\CC)OC(=O)CCCC/C=C\C/C=C\C/C=C\C/C=C\CC)OC(=O)CCCCCCCCCCCCCCCCC. The molecule has 0 aliphatic rings. The molecule has 0 saturated heterocycles. The van der Waals surface area contributed by atoms with Crippen molar-refractivity contribution >= 4 is 39.5 Å². The Bertz CT molecular complexity index is 2710. The molecule has 0 aliphatic heterocycles. The minimum atomic E-state index is -5.01. The van der Waals surface area contributed by atoms with Crippen LogP contribution in [0.5, 0.6) is 0 Å². The van der Waals surface area contributed by atoms with Gasteiger partial charge in [0.05, 0.1) is 26.4 Å². The summed E-state index contributed by atoms with van der Waals surface area (Å²) in [5, 5.41) is 10.7. The highest BCUT2D eigenvalue weighted by molar-refractivity contribution is 7.47. The van der Waals surface area contributed by atoms with Gasteiger partial charge in [-0.15, -0.1) is 0 Å². The van der Waals surface area contributed by atoms with Gasteiger partial charge in [0.15, 0.2) is 12.2 Å². The lowest BCUT2D eigenvalue weighted by molar-refractivity contribution is -0.161. The zero-order valence-electron chi connectivity index (χ0n) is 67.2. The van der Waals surface area contributed by atoms with Gasteiger partial charge in [0.2, 0.25) is 0 Å². The largest absolute Gasteiger partial charge is 0.472 e. The molecule has 0 heterocycles. The summed E-state index contributed by atoms with van der Waals surface area (Å²) >= 11 is 0. The van der Waals surface area contributed by atoms with Crippen molar-refractivity contribution in [2.45, 2.75) is 329 Å². The van der Waals surface area contributed by atoms with Crippen LogP contribution in [0.15, 0.2) is 170 Å². The fourth-order valence-electron chi connectivity index (χ4n) is 10.5. The third-order valence-electron chi connectivity index (χ3n) is 16.7. The molecule has 5 atom stereocenters. The van der Waals surface area contributed by atoms with E-state index in [9.17, 15) is 43.2 Å². The quantitative estimate of drug-likeness (QED) is 0.0169. The van der Waals surface area contributed by atoms with Crippen LogP contribution in [0.3, 0.4) is 0 Å². The number of rotatable bonds is 76. The Morgan fingerprint density at radius 3 is 0.815 bits per heavy atom. The van der Waals surface area contributed by atoms with E-state index < -0.39 is 97.5 Å². The molecule has 108 heavy (non-hydrogen) atoms. The second-order valence-electron chi connectivity index (χ2n) is 26.9. The standard InChI is InChI=1S/C89H146O17P2/c1-5-9-13-17-21-25-29-33-37-39-41-43-47-49-53-57-61-65-69-73-86(91)99-79-84(105-88(93)75-71-67-63-59-55-51-45-35-31-27-23-19-15-11-7-3)81-103-107(95,96)101-77-83(90)78-102-108(97,98)104-82-85(106-89(94)76-72-68-64-60-56-52-46-36-32-28-24-20-16-12-8-4)80-100-87(92)74-70-66-62-58-54-50-48-44-42-40-38-34-30-26-22-18-14-10-6-2/h9-11,13-15,21-23,25-27,33-35,37-38,41-45,50,54-55,59,62,66,83-85,90H,5-8,12,16-20,24,28-32,36,39-40,46-49,51-53,56-58,60-61,63-65,67-82H2,1-4H3,(H,95,96)(H,97,98)/b13-9-,14-10-,15-11-,25-21-,26-22-,27-23-,37-33-,38-34-,43-41-,44-42-,45-35-,54-50-,59-55-,66-62-. The molecule has 614 valence electrons. The first-order valence-corrected chi connectivity index (χ1v) is 44.4. The molecule has 0 saturated carbocycles. The molecule has 0 fully saturated rings. The van der Waals surface area contributed by atoms with Gasteiger partial charge >= 0.3 is 39.5 Å². The Morgan fingerprint density at radius 1 is 0.269 bits per heavy atom. The summed E-state index contributed by atoms with van der Waals surface area (Å²) in [6, 6.07) is 0. The molecule has 0 aromatic heterocycles. The van der Waals surface area contributed by atoms with Gasteiger partial charge in [-0.2, -0.15) is 0 Å². The summed E-state index contributed by atoms with van der Waals surface area (Å²) < 4.78 is 68.6. The summed E-state index contributed by atoms with van der Waals surface area (Å²) in [6.45, 7) is 4.40. The van der Waals surface area contributed by atoms with Gasteiger partial charge in [-0.3, -0.25) is 37.3 Å². The summed E-state index contributed by atoms with van der Waals surface area (Å²) in [5.41, 5.74) is 0. The molecule has 0 spiro atoms. The molecule has 0 bridgehead atoms. The van der Waals surface area contributed by atoms with Crippen LogP contribution in [-0.2, 0) is 65.4 Å². The number of aliphatic hydroxyl groups excluding tert-OH is 1. The van der Waals surface area contributed by atoms with Crippen molar-refractivity contribution in [2.75, 3.05) is 39.6 Å². The van der Waals surface area contributed by atoms with Crippen molar-refractivity contribution in [1.82, 2.24) is 0 Å². The lowest BCUT2D eigenvalue weighted by atomic mass is 10.0. The van der Waals surface area contributed by atoms with Gasteiger partial charge in [-0.25, -0.2) is 9.13 Å². The predicted octanol–water partition coefficient (Wildman–Crippen LogP) is 24.6. The molecular weight excluding hydrogens is 1400 g/mol. The fourth-order valence-corrected chi connectivity index (χ4v) is 12.1. The van der Waals surface area contributed by atoms with Crippen LogP contribution in [0.1, 0.15) is 310 Å². The van der Waals surface area contributed by atoms with Crippen molar-refractivity contribution in [3.05, 3.63) is 170 Å². The van der Waals surface area contributed by atoms with Crippen molar-refractivity contribution < 1.29 is 80.2 Å². The molecule has 5 unspecified atom stereocenters. The first kappa shape index (κ1) is 102. The number of allylic oxidation sites excluding steroid dienone is 28. The lowest BCUT2D eigenvalue weighted by Gasteiger charge is -2.21. The van der Waals surface area contributed by atoms with E-state index in [2.05, 4.69) is 180 Å². The number of phosphoric ester groups is 2. The molecule has 0 amide bonds. The normalized spacial score (nSPS) is 14.7. The number of esters is 4. The average molecular weight is 1550 g/mol. The number of hydrogen-bond donors (Lipinski definition) is 3. The molecule has 17 nitrogen and oxygen atoms in total. The maximum absolute atomic E-state index is 13.1. The zero-order chi connectivity index (χ0) is 78.9. The van der Waals surface area contributed by atoms with Crippen molar-refractivity contribution in [3.8, 4) is 0 Å². The Kier molecular flexibility index (Phi) is 75.4. The van der Waals surface area contributed by atoms with E-state index in [0.29, 0.717) is 38.5 Å². The van der Waals surface area contributed by atoms with Gasteiger partial charge in [-0.05, 0) is 141 Å². The Balaban J connectivity index is 5.47. The second-order valence-corrected chi connectivity index (χ2v) is 29.8. The molecule has 0 radical (unpaired) electrons. The van der Waals surface area contributed by atoms with Gasteiger partial charge in [0.25, 0.3) is 0 Å². The molecule has 0 aromatic carbocycles. The molecule has 0 rings (SSSR count). The summed E-state index contributed by atoms with van der Waals surface area (Å²) in [7, 11) is -10.0. The second kappa shape index (κ2) is 79.5. The zero-order valence-corrected chi connectivity index (χ0v) is 69.0. The molecular formula is C89H146O17P2. The van der Waals surface area contributed by atoms with E-state index in [-0.39, 0.29) is 25.7 Å². The van der Waals surface area contributed by atoms with Crippen LogP contribution in [-0.4, -0.2) is 96.7 Å². The number of hydrogen-bond acceptors (Lipinski definition) is 15. The summed E-state index contributed by atoms with van der Waals surface area (Å²) in [5.74, 6) is -2.34. The highest BCUT2D eigenvalue weighted by atomic mass is 31.2. The maximum Gasteiger partial charge on any atom is 0.472 e. The van der Waals surface area contributed by atoms with Crippen LogP contribution >= 0.6 is 15.6 Å². The first-order valence-electron chi connectivity index (χ1n) is 41.4. The number of carbonyl (C=O) groups is 4. The Hall–Kier alpha value is -5.58. The summed E-state index contributed by atoms with van der Waals surface area (Å²) in [6.07, 6.45) is 94.9. The van der Waals surface area contributed by atoms with E-state index in [4.69, 9.17) is 37.0 Å². The van der Waals surface area contributed by atoms with E-state index in [1.165, 1.54) is 64.2 Å². The van der Waals surface area contributed by atoms with Gasteiger partial charge in [0, 0.05) is 25.7 Å². The number of aliphatic hydroxyl groups is 1. The number of carbonyl (C=O) groups excluding carboxylic acids is 4. The Morgan fingerprint density at radius 2 is 0.500 bits per heavy atom. The van der Waals surface area contributed by atoms with Gasteiger partial charge in [0.1, 0.15) is 19.3 Å². The van der Waals surface area contributed by atoms with Crippen LogP contribution in [0.4, 0.5) is 0 Å². The highest BCUT2D eigenvalue weighted by Crippen LogP contribution is 2.45. The smallest absolute Gasteiger partial charge is 0.462 e. The number of ether oxygens (including phenoxy) is 4. The third kappa shape index (κ3) is 78.5. The van der Waals surface area contributed by atoms with Crippen molar-refractivity contribution in [2.24, 2.45) is 0 Å². The maximum atomic E-state index is 13.1. The summed E-state index contributed by atoms with van der Waals surface area (Å²) in [4.78, 5) is 73.1. The third-order valence-corrected chi connectivity index (χ3v) is 18.6. The molecule has 0 aliphatic carbocycles. The van der Waals surface area contributed by atoms with E-state index in [0.717, 1.165) is 154 Å². The number of unbranched alkanes of at least 4 members (excludes halogenated alkanes) is 22. The fraction of sp³-hybridized carbons (Fsp3) is 0.640. The van der Waals surface area contributed by atoms with Crippen molar-refractivity contribution in [3.63, 3.8) is 0 Å². The first-order chi connectivity index (χ1) is 52.7. The van der Waals surface area contributed by atoms with Crippen LogP contribution in [0, 0.1) is 0 Å².